The molecule has 1 aliphatic carbocycles. The molecule has 0 spiro atoms. The van der Waals surface area contributed by atoms with Crippen LogP contribution in [0.2, 0.25) is 0 Å². The van der Waals surface area contributed by atoms with Gasteiger partial charge in [0.2, 0.25) is 0 Å². The minimum atomic E-state index is -0.932. The molecule has 0 aromatic heterocycles. The lowest BCUT2D eigenvalue weighted by Gasteiger charge is -2.41. The molecule has 1 aliphatic rings. The summed E-state index contributed by atoms with van der Waals surface area (Å²) in [5, 5.41) is 9.33. The smallest absolute Gasteiger partial charge is 0.0668 e. The fourth-order valence-corrected chi connectivity index (χ4v) is 4.56. The van der Waals surface area contributed by atoms with Gasteiger partial charge in [-0.3, -0.25) is 4.21 Å². The molecule has 0 heterocycles. The first-order valence-electron chi connectivity index (χ1n) is 6.87. The average molecular weight is 269 g/mol. The van der Waals surface area contributed by atoms with Crippen LogP contribution in [0.5, 0.6) is 0 Å². The Hall–Kier alpha value is -0.360. The van der Waals surface area contributed by atoms with Crippen LogP contribution < -0.4 is 0 Å². The summed E-state index contributed by atoms with van der Waals surface area (Å²) >= 11 is 0. The van der Waals surface area contributed by atoms with E-state index in [-0.39, 0.29) is 21.3 Å². The normalized spacial score (nSPS) is 31.7. The highest BCUT2D eigenvalue weighted by Crippen LogP contribution is 2.42. The first-order chi connectivity index (χ1) is 8.07. The molecule has 0 N–H and O–H groups in total. The zero-order valence-electron chi connectivity index (χ0n) is 12.6. The molecule has 18 heavy (non-hydrogen) atoms. The predicted molar refractivity (Wildman–Crippen MR) is 77.6 cm³/mol. The van der Waals surface area contributed by atoms with Gasteiger partial charge in [0.25, 0.3) is 0 Å². The Balaban J connectivity index is 2.91. The second-order valence-electron chi connectivity index (χ2n) is 7.56. The molecule has 0 aromatic carbocycles. The van der Waals surface area contributed by atoms with Crippen molar-refractivity contribution in [1.29, 1.82) is 5.26 Å². The molecular formula is C15H27NOS. The van der Waals surface area contributed by atoms with E-state index in [0.717, 1.165) is 19.3 Å². The van der Waals surface area contributed by atoms with Crippen LogP contribution in [0.4, 0.5) is 0 Å². The summed E-state index contributed by atoms with van der Waals surface area (Å²) in [6, 6.07) is 2.39. The predicted octanol–water partition coefficient (Wildman–Crippen LogP) is 3.89. The molecule has 1 fully saturated rings. The first-order valence-corrected chi connectivity index (χ1v) is 8.09. The SMILES string of the molecule is CC(C)(C)C1CCC(C#N)C(S(=O)C(C)(C)C)C1. The van der Waals surface area contributed by atoms with Crippen LogP contribution in [0.15, 0.2) is 0 Å². The molecular weight excluding hydrogens is 242 g/mol. The zero-order chi connectivity index (χ0) is 14.1. The molecule has 0 aromatic rings. The third kappa shape index (κ3) is 3.57. The number of nitriles is 1. The molecule has 1 saturated carbocycles. The van der Waals surface area contributed by atoms with Gasteiger partial charge in [0.1, 0.15) is 0 Å². The van der Waals surface area contributed by atoms with E-state index < -0.39 is 10.8 Å². The molecule has 2 nitrogen and oxygen atoms in total. The van der Waals surface area contributed by atoms with Crippen LogP contribution in [-0.2, 0) is 10.8 Å². The lowest BCUT2D eigenvalue weighted by atomic mass is 9.70. The molecule has 3 heteroatoms. The van der Waals surface area contributed by atoms with Crippen molar-refractivity contribution in [2.24, 2.45) is 17.3 Å². The van der Waals surface area contributed by atoms with E-state index in [4.69, 9.17) is 0 Å². The molecule has 4 unspecified atom stereocenters. The van der Waals surface area contributed by atoms with Crippen molar-refractivity contribution in [3.05, 3.63) is 0 Å². The largest absolute Gasteiger partial charge is 0.259 e. The van der Waals surface area contributed by atoms with E-state index in [9.17, 15) is 9.47 Å². The fraction of sp³-hybridized carbons (Fsp3) is 0.933. The Labute approximate surface area is 115 Å². The van der Waals surface area contributed by atoms with Crippen molar-refractivity contribution in [2.45, 2.75) is 70.8 Å². The maximum Gasteiger partial charge on any atom is 0.0668 e. The van der Waals surface area contributed by atoms with Crippen molar-refractivity contribution >= 4 is 10.8 Å². The van der Waals surface area contributed by atoms with Gasteiger partial charge >= 0.3 is 0 Å². The lowest BCUT2D eigenvalue weighted by molar-refractivity contribution is 0.167. The van der Waals surface area contributed by atoms with Gasteiger partial charge in [-0.2, -0.15) is 5.26 Å². The Morgan fingerprint density at radius 1 is 1.11 bits per heavy atom. The van der Waals surface area contributed by atoms with Crippen LogP contribution in [0, 0.1) is 28.6 Å². The Bertz CT molecular complexity index is 356. The van der Waals surface area contributed by atoms with Gasteiger partial charge in [0, 0.05) is 15.5 Å². The van der Waals surface area contributed by atoms with E-state index in [1.807, 2.05) is 20.8 Å². The van der Waals surface area contributed by atoms with Gasteiger partial charge in [-0.25, -0.2) is 0 Å². The molecule has 0 saturated heterocycles. The maximum absolute atomic E-state index is 12.6. The summed E-state index contributed by atoms with van der Waals surface area (Å²) in [5.41, 5.74) is 0.251. The summed E-state index contributed by atoms with van der Waals surface area (Å²) in [6.45, 7) is 12.8. The van der Waals surface area contributed by atoms with Gasteiger partial charge in [0.15, 0.2) is 0 Å². The maximum atomic E-state index is 12.6. The molecule has 4 atom stereocenters. The van der Waals surface area contributed by atoms with Crippen molar-refractivity contribution < 1.29 is 4.21 Å². The van der Waals surface area contributed by atoms with Crippen molar-refractivity contribution in [2.75, 3.05) is 0 Å². The van der Waals surface area contributed by atoms with Gasteiger partial charge < -0.3 is 0 Å². The molecule has 104 valence electrons. The van der Waals surface area contributed by atoms with Crippen LogP contribution >= 0.6 is 0 Å². The number of nitrogens with zero attached hydrogens (tertiary/aromatic N) is 1. The molecule has 0 amide bonds. The van der Waals surface area contributed by atoms with E-state index >= 15 is 0 Å². The monoisotopic (exact) mass is 269 g/mol. The van der Waals surface area contributed by atoms with Crippen LogP contribution in [0.25, 0.3) is 0 Å². The van der Waals surface area contributed by atoms with Gasteiger partial charge in [-0.1, -0.05) is 20.8 Å². The number of hydrogen-bond donors (Lipinski definition) is 0. The third-order valence-electron chi connectivity index (χ3n) is 4.06. The minimum Gasteiger partial charge on any atom is -0.259 e. The summed E-state index contributed by atoms with van der Waals surface area (Å²) < 4.78 is 12.4. The Kier molecular flexibility index (Phi) is 4.65. The van der Waals surface area contributed by atoms with Crippen LogP contribution in [0.1, 0.15) is 60.8 Å². The summed E-state index contributed by atoms with van der Waals surface area (Å²) in [5.74, 6) is 0.557. The summed E-state index contributed by atoms with van der Waals surface area (Å²) in [6.07, 6.45) is 2.94. The molecule has 0 bridgehead atoms. The summed E-state index contributed by atoms with van der Waals surface area (Å²) in [7, 11) is -0.932. The Morgan fingerprint density at radius 2 is 1.67 bits per heavy atom. The highest BCUT2D eigenvalue weighted by atomic mass is 32.2. The standard InChI is InChI=1S/C15H27NOS/c1-14(2,3)12-8-7-11(10-16)13(9-12)18(17)15(4,5)6/h11-13H,7-9H2,1-6H3. The quantitative estimate of drug-likeness (QED) is 0.724. The highest BCUT2D eigenvalue weighted by molar-refractivity contribution is 7.87. The first kappa shape index (κ1) is 15.7. The van der Waals surface area contributed by atoms with Gasteiger partial charge in [0.05, 0.1) is 17.2 Å². The van der Waals surface area contributed by atoms with Crippen molar-refractivity contribution in [3.8, 4) is 6.07 Å². The molecule has 0 aliphatic heterocycles. The van der Waals surface area contributed by atoms with Crippen molar-refractivity contribution in [1.82, 2.24) is 0 Å². The van der Waals surface area contributed by atoms with E-state index in [2.05, 4.69) is 26.8 Å². The topological polar surface area (TPSA) is 40.9 Å². The fourth-order valence-electron chi connectivity index (χ4n) is 2.75. The highest BCUT2D eigenvalue weighted by Gasteiger charge is 2.41. The number of rotatable bonds is 1. The van der Waals surface area contributed by atoms with Crippen molar-refractivity contribution in [3.63, 3.8) is 0 Å². The number of hydrogen-bond acceptors (Lipinski definition) is 2. The molecule has 1 rings (SSSR count). The van der Waals surface area contributed by atoms with Gasteiger partial charge in [-0.05, 0) is 51.4 Å². The Morgan fingerprint density at radius 3 is 2.06 bits per heavy atom. The summed E-state index contributed by atoms with van der Waals surface area (Å²) in [4.78, 5) is 0. The molecule has 0 radical (unpaired) electrons. The van der Waals surface area contributed by atoms with Crippen LogP contribution in [0.3, 0.4) is 0 Å². The zero-order valence-corrected chi connectivity index (χ0v) is 13.4. The van der Waals surface area contributed by atoms with E-state index in [1.165, 1.54) is 0 Å². The second-order valence-corrected chi connectivity index (χ2v) is 9.98. The third-order valence-corrected chi connectivity index (χ3v) is 6.34. The van der Waals surface area contributed by atoms with E-state index in [1.54, 1.807) is 0 Å². The second kappa shape index (κ2) is 5.33. The van der Waals surface area contributed by atoms with Crippen LogP contribution in [-0.4, -0.2) is 14.2 Å². The minimum absolute atomic E-state index is 0.0244. The average Bonchev–Trinajstić information content (AvgIpc) is 2.24. The van der Waals surface area contributed by atoms with E-state index in [0.29, 0.717) is 5.92 Å². The van der Waals surface area contributed by atoms with Gasteiger partial charge in [-0.15, -0.1) is 0 Å². The lowest BCUT2D eigenvalue weighted by Crippen LogP contribution is -2.42.